The average molecular weight is 418 g/mol. The molecule has 1 saturated heterocycles. The highest BCUT2D eigenvalue weighted by atomic mass is 32.2. The Hall–Kier alpha value is -3.60. The molecule has 0 N–H and O–H groups in total. The summed E-state index contributed by atoms with van der Waals surface area (Å²) in [6.07, 6.45) is 1.36. The second kappa shape index (κ2) is 8.19. The average Bonchev–Trinajstić information content (AvgIpc) is 3.27. The normalized spacial score (nSPS) is 15.1. The van der Waals surface area contributed by atoms with Gasteiger partial charge >= 0.3 is 5.97 Å². The third kappa shape index (κ3) is 4.14. The summed E-state index contributed by atoms with van der Waals surface area (Å²) >= 11 is 0.665. The fraction of sp³-hybridized carbons (Fsp3) is 0.167. The maximum Gasteiger partial charge on any atom is 0.325 e. The van der Waals surface area contributed by atoms with E-state index in [-0.39, 0.29) is 22.1 Å². The van der Waals surface area contributed by atoms with E-state index in [0.717, 1.165) is 12.0 Å². The van der Waals surface area contributed by atoms with Gasteiger partial charge in [0.25, 0.3) is 16.8 Å². The number of carbonyl (C=O) groups is 3. The van der Waals surface area contributed by atoms with E-state index in [0.29, 0.717) is 23.1 Å². The Kier molecular flexibility index (Phi) is 5.69. The first-order valence-electron chi connectivity index (χ1n) is 8.09. The third-order valence-corrected chi connectivity index (χ3v) is 4.86. The van der Waals surface area contributed by atoms with E-state index in [1.54, 1.807) is 12.1 Å². The van der Waals surface area contributed by atoms with Crippen LogP contribution in [-0.2, 0) is 14.3 Å². The number of furan rings is 1. The molecule has 0 saturated carbocycles. The van der Waals surface area contributed by atoms with E-state index >= 15 is 0 Å². The predicted molar refractivity (Wildman–Crippen MR) is 102 cm³/mol. The molecule has 2 aromatic rings. The van der Waals surface area contributed by atoms with Crippen molar-refractivity contribution >= 4 is 40.6 Å². The van der Waals surface area contributed by atoms with Crippen molar-refractivity contribution in [3.05, 3.63) is 51.1 Å². The number of imide groups is 1. The SMILES string of the molecule is COC(=O)CN1C(=O)S/C(=C\c2ccc(-c3cc([N+](=O)[O-])ccc3OC)o2)C1=O. The van der Waals surface area contributed by atoms with E-state index in [9.17, 15) is 24.5 Å². The summed E-state index contributed by atoms with van der Waals surface area (Å²) < 4.78 is 15.4. The zero-order valence-electron chi connectivity index (χ0n) is 15.2. The summed E-state index contributed by atoms with van der Waals surface area (Å²) in [7, 11) is 2.58. The Bertz CT molecular complexity index is 1040. The van der Waals surface area contributed by atoms with Gasteiger partial charge in [-0.25, -0.2) is 0 Å². The minimum atomic E-state index is -0.716. The zero-order valence-corrected chi connectivity index (χ0v) is 16.1. The third-order valence-electron chi connectivity index (χ3n) is 3.95. The Morgan fingerprint density at radius 2 is 2.03 bits per heavy atom. The molecule has 2 heterocycles. The van der Waals surface area contributed by atoms with Crippen LogP contribution in [0.3, 0.4) is 0 Å². The number of nitro benzene ring substituents is 1. The van der Waals surface area contributed by atoms with Crippen molar-refractivity contribution in [3.8, 4) is 17.1 Å². The maximum absolute atomic E-state index is 12.3. The van der Waals surface area contributed by atoms with Crippen LogP contribution in [0, 0.1) is 10.1 Å². The van der Waals surface area contributed by atoms with Gasteiger partial charge in [-0.15, -0.1) is 0 Å². The molecule has 0 spiro atoms. The van der Waals surface area contributed by atoms with Crippen LogP contribution in [0.1, 0.15) is 5.76 Å². The smallest absolute Gasteiger partial charge is 0.325 e. The van der Waals surface area contributed by atoms with Crippen molar-refractivity contribution in [1.82, 2.24) is 4.90 Å². The molecule has 0 bridgehead atoms. The van der Waals surface area contributed by atoms with Gasteiger partial charge < -0.3 is 13.9 Å². The fourth-order valence-corrected chi connectivity index (χ4v) is 3.35. The van der Waals surface area contributed by atoms with Crippen LogP contribution in [0.25, 0.3) is 17.4 Å². The molecular weight excluding hydrogens is 404 g/mol. The van der Waals surface area contributed by atoms with Gasteiger partial charge in [-0.2, -0.15) is 0 Å². The molecule has 0 radical (unpaired) electrons. The van der Waals surface area contributed by atoms with Crippen molar-refractivity contribution in [3.63, 3.8) is 0 Å². The van der Waals surface area contributed by atoms with Crippen molar-refractivity contribution in [2.45, 2.75) is 0 Å². The minimum Gasteiger partial charge on any atom is -0.496 e. The summed E-state index contributed by atoms with van der Waals surface area (Å²) in [5.74, 6) is -0.458. The number of carbonyl (C=O) groups excluding carboxylic acids is 3. The Morgan fingerprint density at radius 3 is 2.69 bits per heavy atom. The Morgan fingerprint density at radius 1 is 1.28 bits per heavy atom. The first-order chi connectivity index (χ1) is 13.8. The zero-order chi connectivity index (χ0) is 21.1. The number of nitrogens with zero attached hydrogens (tertiary/aromatic N) is 2. The standard InChI is InChI=1S/C18H14N2O8S/c1-26-13-5-3-10(20(24)25)7-12(13)14-6-4-11(28-14)8-15-17(22)19(18(23)29-15)9-16(21)27-2/h3-8H,9H2,1-2H3/b15-8-. The molecule has 0 atom stereocenters. The van der Waals surface area contributed by atoms with Gasteiger partial charge in [0.05, 0.1) is 29.6 Å². The van der Waals surface area contributed by atoms with Crippen LogP contribution < -0.4 is 4.74 Å². The van der Waals surface area contributed by atoms with Crippen LogP contribution in [0.5, 0.6) is 5.75 Å². The molecule has 1 fully saturated rings. The predicted octanol–water partition coefficient (Wildman–Crippen LogP) is 3.07. The van der Waals surface area contributed by atoms with Gasteiger partial charge in [0.2, 0.25) is 0 Å². The molecule has 11 heteroatoms. The lowest BCUT2D eigenvalue weighted by molar-refractivity contribution is -0.384. The number of nitro groups is 1. The second-order valence-electron chi connectivity index (χ2n) is 5.69. The van der Waals surface area contributed by atoms with Crippen LogP contribution in [0.15, 0.2) is 39.7 Å². The molecule has 1 aromatic heterocycles. The van der Waals surface area contributed by atoms with E-state index < -0.39 is 28.6 Å². The largest absolute Gasteiger partial charge is 0.496 e. The van der Waals surface area contributed by atoms with Gasteiger partial charge in [-0.1, -0.05) is 0 Å². The number of amides is 2. The Labute approximate surface area is 168 Å². The molecule has 29 heavy (non-hydrogen) atoms. The summed E-state index contributed by atoms with van der Waals surface area (Å²) in [5, 5.41) is 10.4. The summed E-state index contributed by atoms with van der Waals surface area (Å²) in [6, 6.07) is 7.18. The number of rotatable bonds is 6. The lowest BCUT2D eigenvalue weighted by Gasteiger charge is -2.09. The van der Waals surface area contributed by atoms with Crippen molar-refractivity contribution in [2.75, 3.05) is 20.8 Å². The number of hydrogen-bond acceptors (Lipinski definition) is 9. The highest BCUT2D eigenvalue weighted by molar-refractivity contribution is 8.18. The van der Waals surface area contributed by atoms with E-state index in [2.05, 4.69) is 4.74 Å². The van der Waals surface area contributed by atoms with Gasteiger partial charge in [-0.05, 0) is 30.0 Å². The van der Waals surface area contributed by atoms with Gasteiger partial charge in [0.1, 0.15) is 23.8 Å². The van der Waals surface area contributed by atoms with Crippen LogP contribution in [0.4, 0.5) is 10.5 Å². The van der Waals surface area contributed by atoms with Crippen molar-refractivity contribution in [2.24, 2.45) is 0 Å². The molecule has 10 nitrogen and oxygen atoms in total. The van der Waals surface area contributed by atoms with E-state index in [1.807, 2.05) is 0 Å². The maximum atomic E-state index is 12.3. The topological polar surface area (TPSA) is 129 Å². The first-order valence-corrected chi connectivity index (χ1v) is 8.90. The molecule has 0 aliphatic carbocycles. The molecular formula is C18H14N2O8S. The molecule has 3 rings (SSSR count). The molecule has 1 aromatic carbocycles. The number of hydrogen-bond donors (Lipinski definition) is 0. The lowest BCUT2D eigenvalue weighted by Crippen LogP contribution is -2.34. The van der Waals surface area contributed by atoms with Crippen molar-refractivity contribution in [1.29, 1.82) is 0 Å². The fourth-order valence-electron chi connectivity index (χ4n) is 2.54. The minimum absolute atomic E-state index is 0.0748. The molecule has 1 aliphatic heterocycles. The second-order valence-corrected chi connectivity index (χ2v) is 6.68. The van der Waals surface area contributed by atoms with E-state index in [4.69, 9.17) is 9.15 Å². The van der Waals surface area contributed by atoms with Crippen LogP contribution in [0.2, 0.25) is 0 Å². The van der Waals surface area contributed by atoms with Crippen molar-refractivity contribution < 1.29 is 33.2 Å². The quantitative estimate of drug-likeness (QED) is 0.301. The van der Waals surface area contributed by atoms with Crippen LogP contribution in [-0.4, -0.2) is 47.7 Å². The first kappa shape index (κ1) is 20.1. The van der Waals surface area contributed by atoms with Gasteiger partial charge in [0.15, 0.2) is 0 Å². The lowest BCUT2D eigenvalue weighted by atomic mass is 10.1. The highest BCUT2D eigenvalue weighted by Crippen LogP contribution is 2.36. The van der Waals surface area contributed by atoms with Gasteiger partial charge in [-0.3, -0.25) is 29.4 Å². The number of benzene rings is 1. The molecule has 150 valence electrons. The Balaban J connectivity index is 1.89. The van der Waals surface area contributed by atoms with Crippen LogP contribution >= 0.6 is 11.8 Å². The molecule has 0 unspecified atom stereocenters. The number of ether oxygens (including phenoxy) is 2. The number of thioether (sulfide) groups is 1. The van der Waals surface area contributed by atoms with E-state index in [1.165, 1.54) is 31.4 Å². The van der Waals surface area contributed by atoms with Gasteiger partial charge in [0, 0.05) is 18.2 Å². The molecule has 1 aliphatic rings. The number of esters is 1. The molecule has 2 amide bonds. The number of non-ortho nitro benzene ring substituents is 1. The summed E-state index contributed by atoms with van der Waals surface area (Å²) in [6.45, 7) is -0.479. The highest BCUT2D eigenvalue weighted by Gasteiger charge is 2.36. The summed E-state index contributed by atoms with van der Waals surface area (Å²) in [4.78, 5) is 47.0. The monoisotopic (exact) mass is 418 g/mol. The summed E-state index contributed by atoms with van der Waals surface area (Å²) in [5.41, 5.74) is 0.225. The number of methoxy groups -OCH3 is 2.